The Kier molecular flexibility index (Phi) is 5.96. The van der Waals surface area contributed by atoms with Gasteiger partial charge in [-0.25, -0.2) is 14.3 Å². The van der Waals surface area contributed by atoms with Gasteiger partial charge in [0.05, 0.1) is 18.0 Å². The molecule has 0 saturated carbocycles. The molecule has 9 nitrogen and oxygen atoms in total. The highest BCUT2D eigenvalue weighted by molar-refractivity contribution is 5.93. The lowest BCUT2D eigenvalue weighted by molar-refractivity contribution is 0.0850. The lowest BCUT2D eigenvalue weighted by atomic mass is 10.1. The second kappa shape index (κ2) is 8.59. The number of nitrogens with two attached hydrogens (primary N) is 1. The molecule has 1 aromatic carbocycles. The summed E-state index contributed by atoms with van der Waals surface area (Å²) in [4.78, 5) is 28.9. The smallest absolute Gasteiger partial charge is 0.409 e. The number of likely N-dealkylation sites (N-methyl/N-ethyl adjacent to an activating group) is 1. The Bertz CT molecular complexity index is 1010. The first kappa shape index (κ1) is 20.1. The molecule has 0 atom stereocenters. The molecule has 0 fully saturated rings. The standard InChI is InChI=1S/C20H24N6O3/c1-13(2)29-20(28)25(3)11-10-22-17-8-9-18-23-12-16(26(18)24-17)14-4-6-15(7-5-14)19(21)27/h4-9,12-13H,10-11H2,1-3H3,(H2,21,27)(H,22,24). The SMILES string of the molecule is CC(C)OC(=O)N(C)CCNc1ccc2ncc(-c3ccc(C(N)=O)cc3)n2n1. The maximum atomic E-state index is 11.8. The summed E-state index contributed by atoms with van der Waals surface area (Å²) in [6.07, 6.45) is 1.21. The fraction of sp³-hybridized carbons (Fsp3) is 0.300. The molecule has 29 heavy (non-hydrogen) atoms. The lowest BCUT2D eigenvalue weighted by Crippen LogP contribution is -2.33. The quantitative estimate of drug-likeness (QED) is 0.634. The third kappa shape index (κ3) is 4.81. The van der Waals surface area contributed by atoms with E-state index in [2.05, 4.69) is 15.4 Å². The topological polar surface area (TPSA) is 115 Å². The van der Waals surface area contributed by atoms with Crippen LogP contribution < -0.4 is 11.1 Å². The number of hydrogen-bond acceptors (Lipinski definition) is 6. The van der Waals surface area contributed by atoms with Crippen LogP contribution in [0, 0.1) is 0 Å². The zero-order chi connectivity index (χ0) is 21.0. The van der Waals surface area contributed by atoms with Crippen molar-refractivity contribution >= 4 is 23.5 Å². The highest BCUT2D eigenvalue weighted by Gasteiger charge is 2.12. The molecular weight excluding hydrogens is 372 g/mol. The largest absolute Gasteiger partial charge is 0.447 e. The number of aromatic nitrogens is 3. The Morgan fingerprint density at radius 1 is 1.21 bits per heavy atom. The fourth-order valence-electron chi connectivity index (χ4n) is 2.70. The first-order valence-corrected chi connectivity index (χ1v) is 9.26. The molecule has 3 N–H and O–H groups in total. The minimum atomic E-state index is -0.471. The zero-order valence-electron chi connectivity index (χ0n) is 16.6. The number of anilines is 1. The van der Waals surface area contributed by atoms with Crippen LogP contribution in [0.1, 0.15) is 24.2 Å². The number of nitrogens with zero attached hydrogens (tertiary/aromatic N) is 4. The predicted octanol–water partition coefficient (Wildman–Crippen LogP) is 2.38. The zero-order valence-corrected chi connectivity index (χ0v) is 16.6. The Hall–Kier alpha value is -3.62. The molecule has 0 aliphatic rings. The number of hydrogen-bond donors (Lipinski definition) is 2. The number of fused-ring (bicyclic) bond motifs is 1. The summed E-state index contributed by atoms with van der Waals surface area (Å²) in [7, 11) is 1.69. The van der Waals surface area contributed by atoms with Crippen LogP contribution in [0.2, 0.25) is 0 Å². The number of ether oxygens (including phenoxy) is 1. The number of carbonyl (C=O) groups is 2. The number of primary amides is 1. The molecule has 3 aromatic rings. The highest BCUT2D eigenvalue weighted by Crippen LogP contribution is 2.21. The van der Waals surface area contributed by atoms with E-state index in [4.69, 9.17) is 10.5 Å². The molecule has 3 rings (SSSR count). The molecule has 0 radical (unpaired) electrons. The van der Waals surface area contributed by atoms with E-state index >= 15 is 0 Å². The van der Waals surface area contributed by atoms with Gasteiger partial charge in [0.25, 0.3) is 0 Å². The first-order valence-electron chi connectivity index (χ1n) is 9.26. The van der Waals surface area contributed by atoms with Crippen molar-refractivity contribution in [3.05, 3.63) is 48.2 Å². The molecule has 2 aromatic heterocycles. The van der Waals surface area contributed by atoms with Gasteiger partial charge in [-0.15, -0.1) is 5.10 Å². The van der Waals surface area contributed by atoms with Gasteiger partial charge in [-0.3, -0.25) is 4.79 Å². The van der Waals surface area contributed by atoms with Crippen LogP contribution in [0.5, 0.6) is 0 Å². The Labute approximate surface area is 168 Å². The summed E-state index contributed by atoms with van der Waals surface area (Å²) in [6.45, 7) is 4.61. The van der Waals surface area contributed by atoms with E-state index in [0.29, 0.717) is 30.1 Å². The summed E-state index contributed by atoms with van der Waals surface area (Å²) in [5, 5.41) is 7.77. The summed E-state index contributed by atoms with van der Waals surface area (Å²) in [5.74, 6) is 0.178. The fourth-order valence-corrected chi connectivity index (χ4v) is 2.70. The lowest BCUT2D eigenvalue weighted by Gasteiger charge is -2.19. The van der Waals surface area contributed by atoms with Gasteiger partial charge in [-0.1, -0.05) is 12.1 Å². The third-order valence-electron chi connectivity index (χ3n) is 4.23. The predicted molar refractivity (Wildman–Crippen MR) is 110 cm³/mol. The minimum absolute atomic E-state index is 0.154. The van der Waals surface area contributed by atoms with Gasteiger partial charge in [-0.05, 0) is 38.1 Å². The first-order chi connectivity index (χ1) is 13.8. The molecule has 0 saturated heterocycles. The number of carbonyl (C=O) groups excluding carboxylic acids is 2. The second-order valence-corrected chi connectivity index (χ2v) is 6.85. The maximum absolute atomic E-state index is 11.8. The summed E-state index contributed by atoms with van der Waals surface area (Å²) in [5.41, 5.74) is 8.09. The van der Waals surface area contributed by atoms with Gasteiger partial charge in [0.1, 0.15) is 5.82 Å². The van der Waals surface area contributed by atoms with E-state index in [1.807, 2.05) is 26.0 Å². The van der Waals surface area contributed by atoms with Crippen molar-refractivity contribution in [1.82, 2.24) is 19.5 Å². The molecular formula is C20H24N6O3. The number of benzene rings is 1. The van der Waals surface area contributed by atoms with Crippen LogP contribution in [0.3, 0.4) is 0 Å². The van der Waals surface area contributed by atoms with E-state index in [0.717, 1.165) is 11.3 Å². The van der Waals surface area contributed by atoms with Gasteiger partial charge in [-0.2, -0.15) is 0 Å². The van der Waals surface area contributed by atoms with Crippen molar-refractivity contribution < 1.29 is 14.3 Å². The Morgan fingerprint density at radius 2 is 1.93 bits per heavy atom. The van der Waals surface area contributed by atoms with Crippen molar-refractivity contribution in [3.63, 3.8) is 0 Å². The van der Waals surface area contributed by atoms with E-state index in [9.17, 15) is 9.59 Å². The van der Waals surface area contributed by atoms with Crippen molar-refractivity contribution in [2.75, 3.05) is 25.5 Å². The maximum Gasteiger partial charge on any atom is 0.409 e. The van der Waals surface area contributed by atoms with E-state index in [-0.39, 0.29) is 12.2 Å². The summed E-state index contributed by atoms with van der Waals surface area (Å²) >= 11 is 0. The molecule has 9 heteroatoms. The van der Waals surface area contributed by atoms with Gasteiger partial charge >= 0.3 is 6.09 Å². The monoisotopic (exact) mass is 396 g/mol. The van der Waals surface area contributed by atoms with Crippen LogP contribution in [-0.4, -0.2) is 57.7 Å². The Morgan fingerprint density at radius 3 is 2.59 bits per heavy atom. The number of imidazole rings is 1. The minimum Gasteiger partial charge on any atom is -0.447 e. The third-order valence-corrected chi connectivity index (χ3v) is 4.23. The van der Waals surface area contributed by atoms with E-state index in [1.54, 1.807) is 42.0 Å². The van der Waals surface area contributed by atoms with Crippen molar-refractivity contribution in [3.8, 4) is 11.3 Å². The van der Waals surface area contributed by atoms with Crippen LogP contribution in [0.15, 0.2) is 42.6 Å². The molecule has 0 unspecified atom stereocenters. The molecule has 2 amide bonds. The number of amides is 2. The van der Waals surface area contributed by atoms with Crippen molar-refractivity contribution in [1.29, 1.82) is 0 Å². The molecule has 152 valence electrons. The van der Waals surface area contributed by atoms with E-state index < -0.39 is 5.91 Å². The van der Waals surface area contributed by atoms with Crippen LogP contribution in [0.4, 0.5) is 10.6 Å². The van der Waals surface area contributed by atoms with Gasteiger partial charge in [0.15, 0.2) is 5.65 Å². The second-order valence-electron chi connectivity index (χ2n) is 6.85. The normalized spacial score (nSPS) is 10.9. The van der Waals surface area contributed by atoms with Crippen molar-refractivity contribution in [2.45, 2.75) is 20.0 Å². The van der Waals surface area contributed by atoms with Crippen LogP contribution in [-0.2, 0) is 4.74 Å². The summed E-state index contributed by atoms with van der Waals surface area (Å²) < 4.78 is 6.87. The van der Waals surface area contributed by atoms with Gasteiger partial charge in [0.2, 0.25) is 5.91 Å². The van der Waals surface area contributed by atoms with Crippen LogP contribution >= 0.6 is 0 Å². The summed E-state index contributed by atoms with van der Waals surface area (Å²) in [6, 6.07) is 10.6. The molecule has 2 heterocycles. The molecule has 0 spiro atoms. The molecule has 0 aliphatic heterocycles. The van der Waals surface area contributed by atoms with Gasteiger partial charge < -0.3 is 20.7 Å². The average Bonchev–Trinajstić information content (AvgIpc) is 3.10. The highest BCUT2D eigenvalue weighted by atomic mass is 16.6. The van der Waals surface area contributed by atoms with Gasteiger partial charge in [0, 0.05) is 31.3 Å². The Balaban J connectivity index is 1.70. The van der Waals surface area contributed by atoms with Crippen LogP contribution in [0.25, 0.3) is 16.9 Å². The molecule has 0 bridgehead atoms. The number of nitrogens with one attached hydrogen (secondary N) is 1. The van der Waals surface area contributed by atoms with E-state index in [1.165, 1.54) is 4.90 Å². The number of rotatable bonds is 7. The average molecular weight is 396 g/mol. The molecule has 0 aliphatic carbocycles. The van der Waals surface area contributed by atoms with Crippen molar-refractivity contribution in [2.24, 2.45) is 5.73 Å².